The molecular weight excluding hydrogens is 309 g/mol. The van der Waals surface area contributed by atoms with Crippen LogP contribution in [0.15, 0.2) is 16.6 Å². The van der Waals surface area contributed by atoms with Gasteiger partial charge in [0.15, 0.2) is 5.75 Å². The molecule has 0 saturated carbocycles. The number of aliphatic carboxylic acids is 1. The molecule has 6 heteroatoms. The number of methoxy groups -OCH3 is 1. The lowest BCUT2D eigenvalue weighted by Gasteiger charge is -2.17. The summed E-state index contributed by atoms with van der Waals surface area (Å²) in [5.74, 6) is -0.375. The quantitative estimate of drug-likeness (QED) is 0.872. The van der Waals surface area contributed by atoms with Crippen LogP contribution in [-0.2, 0) is 4.79 Å². The second-order valence-electron chi connectivity index (χ2n) is 3.41. The van der Waals surface area contributed by atoms with Crippen LogP contribution in [0.25, 0.3) is 0 Å². The summed E-state index contributed by atoms with van der Waals surface area (Å²) in [5.41, 5.74) is 0.557. The van der Waals surface area contributed by atoms with Gasteiger partial charge in [0.05, 0.1) is 17.3 Å². The van der Waals surface area contributed by atoms with Crippen LogP contribution in [-0.4, -0.2) is 24.2 Å². The first kappa shape index (κ1) is 14.1. The molecule has 0 aliphatic heterocycles. The second kappa shape index (κ2) is 6.12. The molecule has 0 saturated heterocycles. The molecule has 0 fully saturated rings. The number of nitrogens with one attached hydrogen (secondary N) is 1. The van der Waals surface area contributed by atoms with Crippen molar-refractivity contribution in [3.63, 3.8) is 0 Å². The number of hydrogen-bond donors (Lipinski definition) is 2. The lowest BCUT2D eigenvalue weighted by atomic mass is 10.2. The first-order valence-electron chi connectivity index (χ1n) is 5.02. The smallest absolute Gasteiger partial charge is 0.326 e. The molecule has 1 rings (SSSR count). The maximum Gasteiger partial charge on any atom is 0.326 e. The molecule has 0 spiro atoms. The SMILES string of the molecule is CCC(Nc1cc(Cl)cc(Br)c1OC)C(=O)O. The highest BCUT2D eigenvalue weighted by atomic mass is 79.9. The van der Waals surface area contributed by atoms with Crippen LogP contribution >= 0.6 is 27.5 Å². The summed E-state index contributed by atoms with van der Waals surface area (Å²) in [4.78, 5) is 11.0. The lowest BCUT2D eigenvalue weighted by Crippen LogP contribution is -2.28. The van der Waals surface area contributed by atoms with Gasteiger partial charge in [0.2, 0.25) is 0 Å². The Morgan fingerprint density at radius 3 is 2.76 bits per heavy atom. The van der Waals surface area contributed by atoms with Crippen molar-refractivity contribution in [3.8, 4) is 5.75 Å². The number of hydrogen-bond acceptors (Lipinski definition) is 3. The predicted molar refractivity (Wildman–Crippen MR) is 71.0 cm³/mol. The molecule has 0 radical (unpaired) electrons. The van der Waals surface area contributed by atoms with Crippen LogP contribution in [0, 0.1) is 0 Å². The third kappa shape index (κ3) is 3.51. The molecule has 1 aromatic carbocycles. The molecule has 1 unspecified atom stereocenters. The minimum Gasteiger partial charge on any atom is -0.493 e. The van der Waals surface area contributed by atoms with Crippen molar-refractivity contribution in [1.29, 1.82) is 0 Å². The molecule has 0 heterocycles. The predicted octanol–water partition coefficient (Wildman–Crippen LogP) is 3.39. The molecule has 17 heavy (non-hydrogen) atoms. The van der Waals surface area contributed by atoms with E-state index < -0.39 is 12.0 Å². The number of carboxylic acid groups (broad SMARTS) is 1. The van der Waals surface area contributed by atoms with Crippen molar-refractivity contribution in [3.05, 3.63) is 21.6 Å². The highest BCUT2D eigenvalue weighted by Crippen LogP contribution is 2.36. The molecule has 0 aliphatic rings. The number of carboxylic acids is 1. The zero-order valence-corrected chi connectivity index (χ0v) is 11.8. The van der Waals surface area contributed by atoms with E-state index in [2.05, 4.69) is 21.2 Å². The minimum absolute atomic E-state index is 0.461. The Bertz CT molecular complexity index is 425. The molecule has 0 aliphatic carbocycles. The number of ether oxygens (including phenoxy) is 1. The maximum atomic E-state index is 11.0. The van der Waals surface area contributed by atoms with Crippen LogP contribution in [0.5, 0.6) is 5.75 Å². The number of benzene rings is 1. The average molecular weight is 323 g/mol. The van der Waals surface area contributed by atoms with E-state index in [1.165, 1.54) is 7.11 Å². The summed E-state index contributed by atoms with van der Waals surface area (Å²) in [6.07, 6.45) is 0.461. The first-order valence-corrected chi connectivity index (χ1v) is 6.19. The fourth-order valence-electron chi connectivity index (χ4n) is 1.40. The minimum atomic E-state index is -0.911. The lowest BCUT2D eigenvalue weighted by molar-refractivity contribution is -0.137. The second-order valence-corrected chi connectivity index (χ2v) is 4.70. The topological polar surface area (TPSA) is 58.6 Å². The Kier molecular flexibility index (Phi) is 5.08. The van der Waals surface area contributed by atoms with Crippen LogP contribution in [0.1, 0.15) is 13.3 Å². The summed E-state index contributed by atoms with van der Waals surface area (Å²) >= 11 is 9.22. The Morgan fingerprint density at radius 1 is 1.65 bits per heavy atom. The zero-order valence-electron chi connectivity index (χ0n) is 9.46. The summed E-state index contributed by atoms with van der Waals surface area (Å²) in [6.45, 7) is 1.79. The average Bonchev–Trinajstić information content (AvgIpc) is 2.24. The highest BCUT2D eigenvalue weighted by Gasteiger charge is 2.18. The molecule has 2 N–H and O–H groups in total. The van der Waals surface area contributed by atoms with Crippen LogP contribution in [0.4, 0.5) is 5.69 Å². The zero-order chi connectivity index (χ0) is 13.0. The van der Waals surface area contributed by atoms with E-state index in [0.29, 0.717) is 27.4 Å². The van der Waals surface area contributed by atoms with E-state index in [9.17, 15) is 4.79 Å². The van der Waals surface area contributed by atoms with Crippen LogP contribution in [0.2, 0.25) is 5.02 Å². The maximum absolute atomic E-state index is 11.0. The van der Waals surface area contributed by atoms with Gasteiger partial charge in [0.25, 0.3) is 0 Å². The number of halogens is 2. The largest absolute Gasteiger partial charge is 0.493 e. The van der Waals surface area contributed by atoms with Crippen molar-refractivity contribution in [2.45, 2.75) is 19.4 Å². The summed E-state index contributed by atoms with van der Waals surface area (Å²) in [7, 11) is 1.51. The van der Waals surface area contributed by atoms with Crippen molar-refractivity contribution in [2.75, 3.05) is 12.4 Å². The van der Waals surface area contributed by atoms with Gasteiger partial charge >= 0.3 is 5.97 Å². The molecule has 1 aromatic rings. The van der Waals surface area contributed by atoms with E-state index in [1.807, 2.05) is 0 Å². The third-order valence-corrected chi connectivity index (χ3v) is 3.06. The fraction of sp³-hybridized carbons (Fsp3) is 0.364. The van der Waals surface area contributed by atoms with E-state index in [0.717, 1.165) is 0 Å². The Balaban J connectivity index is 3.08. The molecular formula is C11H13BrClNO3. The molecule has 4 nitrogen and oxygen atoms in total. The van der Waals surface area contributed by atoms with E-state index in [1.54, 1.807) is 19.1 Å². The van der Waals surface area contributed by atoms with Gasteiger partial charge in [-0.25, -0.2) is 4.79 Å². The van der Waals surface area contributed by atoms with E-state index in [-0.39, 0.29) is 0 Å². The van der Waals surface area contributed by atoms with Crippen LogP contribution in [0.3, 0.4) is 0 Å². The third-order valence-electron chi connectivity index (χ3n) is 2.25. The molecule has 94 valence electrons. The number of carbonyl (C=O) groups is 1. The van der Waals surface area contributed by atoms with Gasteiger partial charge in [0.1, 0.15) is 6.04 Å². The van der Waals surface area contributed by atoms with Crippen molar-refractivity contribution >= 4 is 39.2 Å². The Hall–Kier alpha value is -0.940. The van der Waals surface area contributed by atoms with Crippen LogP contribution < -0.4 is 10.1 Å². The molecule has 0 aromatic heterocycles. The number of rotatable bonds is 5. The van der Waals surface area contributed by atoms with Gasteiger partial charge in [-0.05, 0) is 34.5 Å². The fourth-order valence-corrected chi connectivity index (χ4v) is 2.37. The van der Waals surface area contributed by atoms with Gasteiger partial charge in [0, 0.05) is 5.02 Å². The normalized spacial score (nSPS) is 12.0. The van der Waals surface area contributed by atoms with Gasteiger partial charge in [-0.15, -0.1) is 0 Å². The van der Waals surface area contributed by atoms with Gasteiger partial charge < -0.3 is 15.2 Å². The van der Waals surface area contributed by atoms with Gasteiger partial charge in [-0.3, -0.25) is 0 Å². The molecule has 0 bridgehead atoms. The molecule has 0 amide bonds. The van der Waals surface area contributed by atoms with E-state index in [4.69, 9.17) is 21.4 Å². The highest BCUT2D eigenvalue weighted by molar-refractivity contribution is 9.10. The number of anilines is 1. The molecule has 1 atom stereocenters. The summed E-state index contributed by atoms with van der Waals surface area (Å²) in [6, 6.07) is 2.65. The summed E-state index contributed by atoms with van der Waals surface area (Å²) < 4.78 is 5.87. The van der Waals surface area contributed by atoms with Crippen molar-refractivity contribution in [2.24, 2.45) is 0 Å². The Labute approximate surface area is 113 Å². The van der Waals surface area contributed by atoms with Gasteiger partial charge in [-0.2, -0.15) is 0 Å². The summed E-state index contributed by atoms with van der Waals surface area (Å²) in [5, 5.41) is 12.4. The van der Waals surface area contributed by atoms with Crippen molar-refractivity contribution < 1.29 is 14.6 Å². The Morgan fingerprint density at radius 2 is 2.29 bits per heavy atom. The van der Waals surface area contributed by atoms with Crippen molar-refractivity contribution in [1.82, 2.24) is 0 Å². The first-order chi connectivity index (χ1) is 7.99. The van der Waals surface area contributed by atoms with E-state index >= 15 is 0 Å². The van der Waals surface area contributed by atoms with Gasteiger partial charge in [-0.1, -0.05) is 18.5 Å². The standard InChI is InChI=1S/C11H13BrClNO3/c1-3-8(11(15)16)14-9-5-6(13)4-7(12)10(9)17-2/h4-5,8,14H,3H2,1-2H3,(H,15,16). The monoisotopic (exact) mass is 321 g/mol.